The second-order valence-corrected chi connectivity index (χ2v) is 12.5. The van der Waals surface area contributed by atoms with Gasteiger partial charge in [-0.05, 0) is 81.3 Å². The van der Waals surface area contributed by atoms with Gasteiger partial charge in [-0.25, -0.2) is 8.42 Å². The van der Waals surface area contributed by atoms with Crippen LogP contribution in [0.15, 0.2) is 82.2 Å². The SMILES string of the molecule is Cc1cc(Cl)ccc1N(CC(=O)N(Cc1cccc(Br)c1)[C@H](C)C(=O)NC(C)C)S(=O)(=O)c1ccccc1. The highest BCUT2D eigenvalue weighted by Crippen LogP contribution is 2.29. The molecule has 0 aliphatic carbocycles. The third-order valence-corrected chi connectivity index (χ3v) is 8.38. The largest absolute Gasteiger partial charge is 0.352 e. The highest BCUT2D eigenvalue weighted by molar-refractivity contribution is 9.10. The molecule has 0 heterocycles. The standard InChI is InChI=1S/C28H31BrClN3O4S/c1-19(2)31-28(35)21(4)32(17-22-9-8-10-23(29)16-22)27(34)18-33(26-14-13-24(30)15-20(26)3)38(36,37)25-11-6-5-7-12-25/h5-16,19,21H,17-18H2,1-4H3,(H,31,35)/t21-/m1/s1. The average molecular weight is 621 g/mol. The molecule has 3 aromatic rings. The van der Waals surface area contributed by atoms with Gasteiger partial charge in [-0.2, -0.15) is 0 Å². The molecule has 0 bridgehead atoms. The van der Waals surface area contributed by atoms with Crippen molar-refractivity contribution in [3.05, 3.63) is 93.4 Å². The number of carbonyl (C=O) groups excluding carboxylic acids is 2. The van der Waals surface area contributed by atoms with Crippen LogP contribution in [-0.2, 0) is 26.2 Å². The number of benzene rings is 3. The zero-order valence-electron chi connectivity index (χ0n) is 21.7. The molecule has 3 aromatic carbocycles. The van der Waals surface area contributed by atoms with Crippen LogP contribution in [0.4, 0.5) is 5.69 Å². The smallest absolute Gasteiger partial charge is 0.264 e. The van der Waals surface area contributed by atoms with Crippen LogP contribution in [0.3, 0.4) is 0 Å². The molecule has 38 heavy (non-hydrogen) atoms. The van der Waals surface area contributed by atoms with Crippen LogP contribution in [0.2, 0.25) is 5.02 Å². The normalized spacial score (nSPS) is 12.2. The lowest BCUT2D eigenvalue weighted by Crippen LogP contribution is -2.52. The number of hydrogen-bond donors (Lipinski definition) is 1. The summed E-state index contributed by atoms with van der Waals surface area (Å²) < 4.78 is 29.5. The summed E-state index contributed by atoms with van der Waals surface area (Å²) in [4.78, 5) is 28.3. The minimum absolute atomic E-state index is 0.0475. The Labute approximate surface area is 238 Å². The van der Waals surface area contributed by atoms with Gasteiger partial charge in [0.25, 0.3) is 10.0 Å². The van der Waals surface area contributed by atoms with Crippen LogP contribution in [0.5, 0.6) is 0 Å². The third-order valence-electron chi connectivity index (χ3n) is 5.88. The molecule has 3 rings (SSSR count). The van der Waals surface area contributed by atoms with Crippen molar-refractivity contribution in [3.8, 4) is 0 Å². The van der Waals surface area contributed by atoms with Crippen molar-refractivity contribution in [3.63, 3.8) is 0 Å². The van der Waals surface area contributed by atoms with E-state index in [9.17, 15) is 18.0 Å². The first-order valence-electron chi connectivity index (χ1n) is 12.1. The maximum Gasteiger partial charge on any atom is 0.264 e. The fraction of sp³-hybridized carbons (Fsp3) is 0.286. The molecule has 0 saturated heterocycles. The Morgan fingerprint density at radius 2 is 1.66 bits per heavy atom. The summed E-state index contributed by atoms with van der Waals surface area (Å²) in [6.45, 7) is 6.65. The highest BCUT2D eigenvalue weighted by Gasteiger charge is 2.33. The Bertz CT molecular complexity index is 1400. The summed E-state index contributed by atoms with van der Waals surface area (Å²) >= 11 is 9.58. The average Bonchev–Trinajstić information content (AvgIpc) is 2.86. The minimum atomic E-state index is -4.13. The number of halogens is 2. The molecule has 0 aliphatic heterocycles. The predicted molar refractivity (Wildman–Crippen MR) is 155 cm³/mol. The molecule has 7 nitrogen and oxygen atoms in total. The van der Waals surface area contributed by atoms with Gasteiger partial charge in [-0.3, -0.25) is 13.9 Å². The number of hydrogen-bond acceptors (Lipinski definition) is 4. The van der Waals surface area contributed by atoms with E-state index in [0.29, 0.717) is 16.3 Å². The van der Waals surface area contributed by atoms with Crippen LogP contribution in [-0.4, -0.2) is 43.8 Å². The molecular weight excluding hydrogens is 590 g/mol. The Hall–Kier alpha value is -2.88. The van der Waals surface area contributed by atoms with E-state index in [1.54, 1.807) is 50.2 Å². The monoisotopic (exact) mass is 619 g/mol. The van der Waals surface area contributed by atoms with E-state index in [0.717, 1.165) is 14.3 Å². The molecular formula is C28H31BrClN3O4S. The predicted octanol–water partition coefficient (Wildman–Crippen LogP) is 5.55. The van der Waals surface area contributed by atoms with Crippen molar-refractivity contribution in [2.75, 3.05) is 10.8 Å². The molecule has 1 atom stereocenters. The van der Waals surface area contributed by atoms with E-state index >= 15 is 0 Å². The van der Waals surface area contributed by atoms with Crippen molar-refractivity contribution >= 4 is 55.1 Å². The number of aryl methyl sites for hydroxylation is 1. The van der Waals surface area contributed by atoms with E-state index in [1.165, 1.54) is 17.0 Å². The summed E-state index contributed by atoms with van der Waals surface area (Å²) in [5.74, 6) is -0.853. The van der Waals surface area contributed by atoms with Crippen LogP contribution in [0.1, 0.15) is 31.9 Å². The van der Waals surface area contributed by atoms with Crippen molar-refractivity contribution < 1.29 is 18.0 Å². The molecule has 0 saturated carbocycles. The summed E-state index contributed by atoms with van der Waals surface area (Å²) in [5.41, 5.74) is 1.71. The van der Waals surface area contributed by atoms with Crippen molar-refractivity contribution in [2.24, 2.45) is 0 Å². The number of carbonyl (C=O) groups is 2. The topological polar surface area (TPSA) is 86.8 Å². The Balaban J connectivity index is 2.06. The maximum atomic E-state index is 13.9. The minimum Gasteiger partial charge on any atom is -0.352 e. The summed E-state index contributed by atoms with van der Waals surface area (Å²) in [6.07, 6.45) is 0. The molecule has 0 aromatic heterocycles. The van der Waals surface area contributed by atoms with Crippen molar-refractivity contribution in [1.29, 1.82) is 0 Å². The second-order valence-electron chi connectivity index (χ2n) is 9.25. The first-order valence-corrected chi connectivity index (χ1v) is 14.7. The molecule has 0 spiro atoms. The fourth-order valence-electron chi connectivity index (χ4n) is 3.95. The summed E-state index contributed by atoms with van der Waals surface area (Å²) in [7, 11) is -4.13. The van der Waals surface area contributed by atoms with Crippen LogP contribution < -0.4 is 9.62 Å². The molecule has 202 valence electrons. The van der Waals surface area contributed by atoms with Gasteiger partial charge in [-0.1, -0.05) is 57.9 Å². The molecule has 0 fully saturated rings. The van der Waals surface area contributed by atoms with Gasteiger partial charge in [0.1, 0.15) is 12.6 Å². The Morgan fingerprint density at radius 3 is 2.26 bits per heavy atom. The highest BCUT2D eigenvalue weighted by atomic mass is 79.9. The number of nitrogens with zero attached hydrogens (tertiary/aromatic N) is 2. The maximum absolute atomic E-state index is 13.9. The third kappa shape index (κ3) is 7.36. The molecule has 0 aliphatic rings. The number of amides is 2. The van der Waals surface area contributed by atoms with Crippen molar-refractivity contribution in [1.82, 2.24) is 10.2 Å². The Morgan fingerprint density at radius 1 is 0.974 bits per heavy atom. The molecule has 0 unspecified atom stereocenters. The fourth-order valence-corrected chi connectivity index (χ4v) is 6.12. The zero-order valence-corrected chi connectivity index (χ0v) is 24.8. The first kappa shape index (κ1) is 29.7. The number of rotatable bonds is 10. The lowest BCUT2D eigenvalue weighted by Gasteiger charge is -2.32. The van der Waals surface area contributed by atoms with Gasteiger partial charge in [-0.15, -0.1) is 0 Å². The van der Waals surface area contributed by atoms with E-state index in [2.05, 4.69) is 21.2 Å². The molecule has 10 heteroatoms. The van der Waals surface area contributed by atoms with Gasteiger partial charge in [0.2, 0.25) is 11.8 Å². The van der Waals surface area contributed by atoms with Gasteiger partial charge >= 0.3 is 0 Å². The molecule has 1 N–H and O–H groups in total. The van der Waals surface area contributed by atoms with E-state index in [4.69, 9.17) is 11.6 Å². The molecule has 2 amide bonds. The van der Waals surface area contributed by atoms with Crippen LogP contribution in [0, 0.1) is 6.92 Å². The van der Waals surface area contributed by atoms with Crippen molar-refractivity contribution in [2.45, 2.75) is 51.2 Å². The number of sulfonamides is 1. The van der Waals surface area contributed by atoms with Gasteiger partial charge in [0.05, 0.1) is 10.6 Å². The van der Waals surface area contributed by atoms with E-state index < -0.39 is 28.5 Å². The van der Waals surface area contributed by atoms with Gasteiger partial charge in [0, 0.05) is 22.1 Å². The number of nitrogens with one attached hydrogen (secondary N) is 1. The second kappa shape index (κ2) is 12.8. The lowest BCUT2D eigenvalue weighted by atomic mass is 10.1. The summed E-state index contributed by atoms with van der Waals surface area (Å²) in [5, 5.41) is 3.29. The molecule has 0 radical (unpaired) electrons. The van der Waals surface area contributed by atoms with Gasteiger partial charge < -0.3 is 10.2 Å². The quantitative estimate of drug-likeness (QED) is 0.322. The van der Waals surface area contributed by atoms with Crippen LogP contribution >= 0.6 is 27.5 Å². The lowest BCUT2D eigenvalue weighted by molar-refractivity contribution is -0.139. The van der Waals surface area contributed by atoms with Crippen LogP contribution in [0.25, 0.3) is 0 Å². The zero-order chi connectivity index (χ0) is 28.0. The van der Waals surface area contributed by atoms with E-state index in [1.807, 2.05) is 38.1 Å². The first-order chi connectivity index (χ1) is 17.9. The number of anilines is 1. The summed E-state index contributed by atoms with van der Waals surface area (Å²) in [6, 6.07) is 19.2. The van der Waals surface area contributed by atoms with Gasteiger partial charge in [0.15, 0.2) is 0 Å². The van der Waals surface area contributed by atoms with E-state index in [-0.39, 0.29) is 23.4 Å². The Kier molecular flexibility index (Phi) is 9.98.